The van der Waals surface area contributed by atoms with Crippen LogP contribution in [0.1, 0.15) is 29.0 Å². The van der Waals surface area contributed by atoms with Crippen LogP contribution >= 0.6 is 11.3 Å². The summed E-state index contributed by atoms with van der Waals surface area (Å²) in [6, 6.07) is 24.4. The van der Waals surface area contributed by atoms with Gasteiger partial charge >= 0.3 is 0 Å². The molecule has 1 atom stereocenters. The SMILES string of the molecule is CC[NH+](CC(=O)NC(c1ccccc1)c1ccccc1)Cc1cccs1. The van der Waals surface area contributed by atoms with E-state index >= 15 is 0 Å². The van der Waals surface area contributed by atoms with Gasteiger partial charge < -0.3 is 10.2 Å². The predicted molar refractivity (Wildman–Crippen MR) is 107 cm³/mol. The number of thiophene rings is 1. The number of carbonyl (C=O) groups is 1. The average Bonchev–Trinajstić information content (AvgIpc) is 3.20. The molecule has 0 aliphatic rings. The summed E-state index contributed by atoms with van der Waals surface area (Å²) in [7, 11) is 0. The van der Waals surface area contributed by atoms with E-state index in [1.54, 1.807) is 11.3 Å². The summed E-state index contributed by atoms with van der Waals surface area (Å²) in [6.45, 7) is 4.42. The fraction of sp³-hybridized carbons (Fsp3) is 0.227. The maximum atomic E-state index is 12.8. The van der Waals surface area contributed by atoms with E-state index in [1.165, 1.54) is 9.78 Å². The Morgan fingerprint density at radius 2 is 1.58 bits per heavy atom. The molecule has 0 aliphatic heterocycles. The van der Waals surface area contributed by atoms with Crippen molar-refractivity contribution in [3.8, 4) is 0 Å². The van der Waals surface area contributed by atoms with E-state index < -0.39 is 0 Å². The Labute approximate surface area is 159 Å². The van der Waals surface area contributed by atoms with Gasteiger partial charge in [0.25, 0.3) is 5.91 Å². The van der Waals surface area contributed by atoms with Gasteiger partial charge in [-0.1, -0.05) is 66.7 Å². The van der Waals surface area contributed by atoms with Gasteiger partial charge in [-0.3, -0.25) is 4.79 Å². The molecule has 0 saturated carbocycles. The summed E-state index contributed by atoms with van der Waals surface area (Å²) in [6.07, 6.45) is 0. The zero-order valence-electron chi connectivity index (χ0n) is 15.0. The third-order valence-corrected chi connectivity index (χ3v) is 5.36. The zero-order valence-corrected chi connectivity index (χ0v) is 15.8. The number of nitrogens with one attached hydrogen (secondary N) is 2. The fourth-order valence-electron chi connectivity index (χ4n) is 3.06. The Morgan fingerprint density at radius 3 is 2.08 bits per heavy atom. The van der Waals surface area contributed by atoms with Crippen molar-refractivity contribution in [2.45, 2.75) is 19.5 Å². The fourth-order valence-corrected chi connectivity index (χ4v) is 3.84. The van der Waals surface area contributed by atoms with Crippen molar-refractivity contribution in [3.63, 3.8) is 0 Å². The number of hydrogen-bond donors (Lipinski definition) is 2. The normalized spacial score (nSPS) is 12.1. The van der Waals surface area contributed by atoms with Crippen LogP contribution in [0.15, 0.2) is 78.2 Å². The molecule has 3 rings (SSSR count). The van der Waals surface area contributed by atoms with Gasteiger partial charge in [-0.15, -0.1) is 11.3 Å². The van der Waals surface area contributed by atoms with Crippen LogP contribution in [-0.2, 0) is 11.3 Å². The van der Waals surface area contributed by atoms with Crippen LogP contribution in [0.3, 0.4) is 0 Å². The first-order chi connectivity index (χ1) is 12.8. The van der Waals surface area contributed by atoms with Crippen molar-refractivity contribution in [3.05, 3.63) is 94.2 Å². The minimum atomic E-state index is -0.121. The van der Waals surface area contributed by atoms with E-state index in [1.807, 2.05) is 36.4 Å². The van der Waals surface area contributed by atoms with E-state index in [-0.39, 0.29) is 11.9 Å². The Balaban J connectivity index is 1.71. The molecule has 2 aromatic carbocycles. The van der Waals surface area contributed by atoms with Gasteiger partial charge in [0.15, 0.2) is 6.54 Å². The van der Waals surface area contributed by atoms with E-state index in [0.717, 1.165) is 24.2 Å². The molecule has 0 radical (unpaired) electrons. The van der Waals surface area contributed by atoms with Crippen LogP contribution < -0.4 is 10.2 Å². The lowest BCUT2D eigenvalue weighted by molar-refractivity contribution is -0.903. The molecule has 26 heavy (non-hydrogen) atoms. The van der Waals surface area contributed by atoms with Crippen LogP contribution in [0.4, 0.5) is 0 Å². The third-order valence-electron chi connectivity index (χ3n) is 4.49. The van der Waals surface area contributed by atoms with E-state index in [0.29, 0.717) is 6.54 Å². The summed E-state index contributed by atoms with van der Waals surface area (Å²) >= 11 is 1.75. The highest BCUT2D eigenvalue weighted by atomic mass is 32.1. The summed E-state index contributed by atoms with van der Waals surface area (Å²) in [5, 5.41) is 5.32. The molecule has 1 aromatic heterocycles. The van der Waals surface area contributed by atoms with Crippen molar-refractivity contribution in [2.24, 2.45) is 0 Å². The highest BCUT2D eigenvalue weighted by molar-refractivity contribution is 7.09. The predicted octanol–water partition coefficient (Wildman–Crippen LogP) is 3.06. The van der Waals surface area contributed by atoms with Gasteiger partial charge in [0, 0.05) is 0 Å². The Morgan fingerprint density at radius 1 is 0.962 bits per heavy atom. The molecule has 1 unspecified atom stereocenters. The molecule has 134 valence electrons. The minimum absolute atomic E-state index is 0.0797. The summed E-state index contributed by atoms with van der Waals surface area (Å²) < 4.78 is 0. The molecular formula is C22H25N2OS+. The summed E-state index contributed by atoms with van der Waals surface area (Å²) in [5.74, 6) is 0.0797. The van der Waals surface area contributed by atoms with Gasteiger partial charge in [-0.05, 0) is 29.5 Å². The second-order valence-electron chi connectivity index (χ2n) is 6.36. The number of amides is 1. The molecule has 0 fully saturated rings. The smallest absolute Gasteiger partial charge is 0.275 e. The molecule has 1 amide bonds. The Bertz CT molecular complexity index is 748. The van der Waals surface area contributed by atoms with Crippen LogP contribution in [0.25, 0.3) is 0 Å². The van der Waals surface area contributed by atoms with E-state index in [2.05, 4.69) is 54.0 Å². The monoisotopic (exact) mass is 365 g/mol. The quantitative estimate of drug-likeness (QED) is 0.632. The third kappa shape index (κ3) is 5.04. The first-order valence-corrected chi connectivity index (χ1v) is 9.89. The van der Waals surface area contributed by atoms with Gasteiger partial charge in [0.2, 0.25) is 0 Å². The van der Waals surface area contributed by atoms with Crippen molar-refractivity contribution in [2.75, 3.05) is 13.1 Å². The Hall–Kier alpha value is -2.43. The van der Waals surface area contributed by atoms with Gasteiger partial charge in [-0.25, -0.2) is 0 Å². The number of carbonyl (C=O) groups excluding carboxylic acids is 1. The number of benzene rings is 2. The van der Waals surface area contributed by atoms with Crippen molar-refractivity contribution < 1.29 is 9.69 Å². The molecule has 3 aromatic rings. The summed E-state index contributed by atoms with van der Waals surface area (Å²) in [5.41, 5.74) is 2.20. The van der Waals surface area contributed by atoms with Crippen LogP contribution in [0.2, 0.25) is 0 Å². The first-order valence-electron chi connectivity index (χ1n) is 9.01. The highest BCUT2D eigenvalue weighted by Crippen LogP contribution is 2.21. The second kappa shape index (κ2) is 9.32. The number of hydrogen-bond acceptors (Lipinski definition) is 2. The van der Waals surface area contributed by atoms with Gasteiger partial charge in [0.05, 0.1) is 17.5 Å². The topological polar surface area (TPSA) is 33.5 Å². The molecule has 0 aliphatic carbocycles. The molecule has 2 N–H and O–H groups in total. The maximum absolute atomic E-state index is 12.8. The van der Waals surface area contributed by atoms with Crippen molar-refractivity contribution >= 4 is 17.2 Å². The lowest BCUT2D eigenvalue weighted by atomic mass is 9.99. The molecule has 4 heteroatoms. The Kier molecular flexibility index (Phi) is 6.58. The highest BCUT2D eigenvalue weighted by Gasteiger charge is 2.20. The maximum Gasteiger partial charge on any atom is 0.275 e. The van der Waals surface area contributed by atoms with E-state index in [4.69, 9.17) is 0 Å². The van der Waals surface area contributed by atoms with Crippen molar-refractivity contribution in [1.29, 1.82) is 0 Å². The van der Waals surface area contributed by atoms with Gasteiger partial charge in [0.1, 0.15) is 6.54 Å². The van der Waals surface area contributed by atoms with Crippen molar-refractivity contribution in [1.82, 2.24) is 5.32 Å². The van der Waals surface area contributed by atoms with Crippen LogP contribution in [-0.4, -0.2) is 19.0 Å². The van der Waals surface area contributed by atoms with E-state index in [9.17, 15) is 4.79 Å². The molecule has 0 bridgehead atoms. The molecule has 1 heterocycles. The summed E-state index contributed by atoms with van der Waals surface area (Å²) in [4.78, 5) is 15.4. The molecule has 3 nitrogen and oxygen atoms in total. The standard InChI is InChI=1S/C22H24N2OS/c1-2-24(16-20-14-9-15-26-20)17-21(25)23-22(18-10-5-3-6-11-18)19-12-7-4-8-13-19/h3-15,22H,2,16-17H2,1H3,(H,23,25)/p+1. The number of rotatable bonds is 8. The average molecular weight is 366 g/mol. The largest absolute Gasteiger partial charge is 0.340 e. The lowest BCUT2D eigenvalue weighted by Crippen LogP contribution is -3.11. The molecular weight excluding hydrogens is 340 g/mol. The number of quaternary nitrogens is 1. The molecule has 0 saturated heterocycles. The minimum Gasteiger partial charge on any atom is -0.340 e. The van der Waals surface area contributed by atoms with Crippen LogP contribution in [0, 0.1) is 0 Å². The lowest BCUT2D eigenvalue weighted by Gasteiger charge is -2.22. The second-order valence-corrected chi connectivity index (χ2v) is 7.39. The zero-order chi connectivity index (χ0) is 18.2. The molecule has 0 spiro atoms. The first kappa shape index (κ1) is 18.4. The van der Waals surface area contributed by atoms with Crippen LogP contribution in [0.5, 0.6) is 0 Å². The van der Waals surface area contributed by atoms with Gasteiger partial charge in [-0.2, -0.15) is 0 Å². The number of likely N-dealkylation sites (N-methyl/N-ethyl adjacent to an activating group) is 1.